The lowest BCUT2D eigenvalue weighted by molar-refractivity contribution is -0.113. The summed E-state index contributed by atoms with van der Waals surface area (Å²) in [7, 11) is 1.32. The van der Waals surface area contributed by atoms with Gasteiger partial charge in [0, 0.05) is 21.5 Å². The molecule has 3 aromatic rings. The summed E-state index contributed by atoms with van der Waals surface area (Å²) < 4.78 is 7.73. The third-order valence-electron chi connectivity index (χ3n) is 3.98. The van der Waals surface area contributed by atoms with Crippen LogP contribution >= 0.6 is 39.0 Å². The summed E-state index contributed by atoms with van der Waals surface area (Å²) in [6, 6.07) is 9.54. The number of halogens is 1. The van der Waals surface area contributed by atoms with Crippen molar-refractivity contribution in [2.45, 2.75) is 25.5 Å². The van der Waals surface area contributed by atoms with Gasteiger partial charge in [-0.1, -0.05) is 39.8 Å². The number of aromatic nitrogens is 3. The molecule has 0 bridgehead atoms. The van der Waals surface area contributed by atoms with E-state index >= 15 is 0 Å². The Hall–Kier alpha value is -2.17. The maximum absolute atomic E-state index is 12.4. The maximum Gasteiger partial charge on any atom is 0.340 e. The molecule has 1 amide bonds. The normalized spacial score (nSPS) is 10.8. The third kappa shape index (κ3) is 5.06. The average molecular weight is 495 g/mol. The number of esters is 1. The summed E-state index contributed by atoms with van der Waals surface area (Å²) >= 11 is 6.07. The second kappa shape index (κ2) is 9.55. The van der Waals surface area contributed by atoms with Gasteiger partial charge in [0.25, 0.3) is 0 Å². The van der Waals surface area contributed by atoms with Gasteiger partial charge in [-0.2, -0.15) is 0 Å². The molecule has 2 heterocycles. The molecular weight excluding hydrogens is 476 g/mol. The van der Waals surface area contributed by atoms with Gasteiger partial charge >= 0.3 is 5.97 Å². The van der Waals surface area contributed by atoms with Crippen molar-refractivity contribution in [3.63, 3.8) is 0 Å². The Kier molecular flexibility index (Phi) is 7.09. The Labute approximate surface area is 185 Å². The molecule has 0 unspecified atom stereocenters. The van der Waals surface area contributed by atoms with Gasteiger partial charge < -0.3 is 14.6 Å². The standard InChI is InChI=1S/C19H19BrN4O3S2/c1-4-24-16(12-5-7-13(20)8-6-12)22-23-19(24)28-10-15(25)21-17-14(18(26)27-3)9-11(2)29-17/h5-9H,4,10H2,1-3H3,(H,21,25). The van der Waals surface area contributed by atoms with Crippen molar-refractivity contribution < 1.29 is 14.3 Å². The van der Waals surface area contributed by atoms with E-state index in [0.717, 1.165) is 20.7 Å². The number of amides is 1. The van der Waals surface area contributed by atoms with Crippen molar-refractivity contribution in [3.8, 4) is 11.4 Å². The maximum atomic E-state index is 12.4. The first-order valence-electron chi connectivity index (χ1n) is 8.73. The minimum Gasteiger partial charge on any atom is -0.465 e. The first kappa shape index (κ1) is 21.5. The average Bonchev–Trinajstić information content (AvgIpc) is 3.29. The van der Waals surface area contributed by atoms with Crippen molar-refractivity contribution in [2.24, 2.45) is 0 Å². The van der Waals surface area contributed by atoms with Crippen LogP contribution < -0.4 is 5.32 Å². The number of rotatable bonds is 7. The number of benzene rings is 1. The summed E-state index contributed by atoms with van der Waals surface area (Å²) in [6.45, 7) is 4.56. The van der Waals surface area contributed by atoms with Gasteiger partial charge in [-0.25, -0.2) is 4.79 Å². The molecular formula is C19H19BrN4O3S2. The number of thioether (sulfide) groups is 1. The van der Waals surface area contributed by atoms with Gasteiger partial charge in [0.2, 0.25) is 5.91 Å². The fourth-order valence-corrected chi connectivity index (χ4v) is 4.64. The Bertz CT molecular complexity index is 1030. The number of aryl methyl sites for hydroxylation is 1. The summed E-state index contributed by atoms with van der Waals surface area (Å²) in [6.07, 6.45) is 0. The molecule has 0 saturated heterocycles. The van der Waals surface area contributed by atoms with E-state index in [9.17, 15) is 9.59 Å². The fourth-order valence-electron chi connectivity index (χ4n) is 2.65. The second-order valence-corrected chi connectivity index (χ2v) is 9.10. The van der Waals surface area contributed by atoms with Gasteiger partial charge in [0.1, 0.15) is 5.00 Å². The minimum absolute atomic E-state index is 0.149. The number of anilines is 1. The molecule has 0 saturated carbocycles. The second-order valence-electron chi connectivity index (χ2n) is 5.99. The largest absolute Gasteiger partial charge is 0.465 e. The van der Waals surface area contributed by atoms with Gasteiger partial charge in [-0.05, 0) is 32.0 Å². The number of hydrogen-bond donors (Lipinski definition) is 1. The zero-order valence-corrected chi connectivity index (χ0v) is 19.3. The molecule has 29 heavy (non-hydrogen) atoms. The van der Waals surface area contributed by atoms with E-state index in [-0.39, 0.29) is 11.7 Å². The Morgan fingerprint density at radius 1 is 1.28 bits per heavy atom. The van der Waals surface area contributed by atoms with Crippen molar-refractivity contribution in [1.29, 1.82) is 0 Å². The van der Waals surface area contributed by atoms with Crippen LogP contribution in [0.5, 0.6) is 0 Å². The Morgan fingerprint density at radius 3 is 2.66 bits per heavy atom. The topological polar surface area (TPSA) is 86.1 Å². The van der Waals surface area contributed by atoms with Gasteiger partial charge in [0.15, 0.2) is 11.0 Å². The van der Waals surface area contributed by atoms with Crippen molar-refractivity contribution in [1.82, 2.24) is 14.8 Å². The highest BCUT2D eigenvalue weighted by Crippen LogP contribution is 2.29. The Morgan fingerprint density at radius 2 is 2.00 bits per heavy atom. The molecule has 0 aliphatic carbocycles. The lowest BCUT2D eigenvalue weighted by atomic mass is 10.2. The molecule has 0 aliphatic heterocycles. The molecule has 3 rings (SSSR count). The molecule has 10 heteroatoms. The summed E-state index contributed by atoms with van der Waals surface area (Å²) in [5.41, 5.74) is 1.32. The van der Waals surface area contributed by atoms with E-state index in [1.165, 1.54) is 30.2 Å². The van der Waals surface area contributed by atoms with Crippen molar-refractivity contribution in [3.05, 3.63) is 45.2 Å². The highest BCUT2D eigenvalue weighted by atomic mass is 79.9. The van der Waals surface area contributed by atoms with Crippen LogP contribution in [0.1, 0.15) is 22.2 Å². The van der Waals surface area contributed by atoms with Crippen LogP contribution in [0.2, 0.25) is 0 Å². The molecule has 152 valence electrons. The zero-order valence-electron chi connectivity index (χ0n) is 16.1. The Balaban J connectivity index is 1.70. The fraction of sp³-hybridized carbons (Fsp3) is 0.263. The predicted molar refractivity (Wildman–Crippen MR) is 119 cm³/mol. The summed E-state index contributed by atoms with van der Waals surface area (Å²) in [4.78, 5) is 25.2. The van der Waals surface area contributed by atoms with Crippen LogP contribution in [0.15, 0.2) is 40.0 Å². The minimum atomic E-state index is -0.470. The molecule has 0 aliphatic rings. The number of carbonyl (C=O) groups excluding carboxylic acids is 2. The number of thiophene rings is 1. The van der Waals surface area contributed by atoms with E-state index in [0.29, 0.717) is 22.3 Å². The zero-order chi connectivity index (χ0) is 21.0. The van der Waals surface area contributed by atoms with Crippen molar-refractivity contribution >= 4 is 55.9 Å². The number of carbonyl (C=O) groups is 2. The van der Waals surface area contributed by atoms with Gasteiger partial charge in [-0.3, -0.25) is 4.79 Å². The number of nitrogens with one attached hydrogen (secondary N) is 1. The molecule has 0 fully saturated rings. The van der Waals surface area contributed by atoms with Crippen LogP contribution in [-0.2, 0) is 16.1 Å². The monoisotopic (exact) mass is 494 g/mol. The van der Waals surface area contributed by atoms with Crippen LogP contribution in [0.4, 0.5) is 5.00 Å². The molecule has 7 nitrogen and oxygen atoms in total. The van der Waals surface area contributed by atoms with Crippen LogP contribution in [-0.4, -0.2) is 39.5 Å². The number of ether oxygens (including phenoxy) is 1. The van der Waals surface area contributed by atoms with Crippen molar-refractivity contribution in [2.75, 3.05) is 18.2 Å². The summed E-state index contributed by atoms with van der Waals surface area (Å²) in [5.74, 6) is 0.209. The van der Waals surface area contributed by atoms with E-state index in [4.69, 9.17) is 4.74 Å². The van der Waals surface area contributed by atoms with Crippen LogP contribution in [0, 0.1) is 6.92 Å². The molecule has 0 radical (unpaired) electrons. The van der Waals surface area contributed by atoms with Crippen LogP contribution in [0.25, 0.3) is 11.4 Å². The number of methoxy groups -OCH3 is 1. The summed E-state index contributed by atoms with van der Waals surface area (Å²) in [5, 5.41) is 12.5. The van der Waals surface area contributed by atoms with E-state index in [1.807, 2.05) is 42.7 Å². The van der Waals surface area contributed by atoms with Gasteiger partial charge in [0.05, 0.1) is 18.4 Å². The van der Waals surface area contributed by atoms with Gasteiger partial charge in [-0.15, -0.1) is 21.5 Å². The number of hydrogen-bond acceptors (Lipinski definition) is 7. The molecule has 0 atom stereocenters. The lowest BCUT2D eigenvalue weighted by Crippen LogP contribution is -2.16. The SMILES string of the molecule is CCn1c(SCC(=O)Nc2sc(C)cc2C(=O)OC)nnc1-c1ccc(Br)cc1. The quantitative estimate of drug-likeness (QED) is 0.381. The number of nitrogens with zero attached hydrogens (tertiary/aromatic N) is 3. The van der Waals surface area contributed by atoms with E-state index in [2.05, 4.69) is 31.4 Å². The molecule has 0 spiro atoms. The highest BCUT2D eigenvalue weighted by Gasteiger charge is 2.19. The first-order chi connectivity index (χ1) is 13.9. The van der Waals surface area contributed by atoms with E-state index in [1.54, 1.807) is 6.07 Å². The molecule has 2 aromatic heterocycles. The van der Waals surface area contributed by atoms with Crippen LogP contribution in [0.3, 0.4) is 0 Å². The molecule has 1 aromatic carbocycles. The first-order valence-corrected chi connectivity index (χ1v) is 11.3. The third-order valence-corrected chi connectivity index (χ3v) is 6.44. The smallest absolute Gasteiger partial charge is 0.340 e. The van der Waals surface area contributed by atoms with E-state index < -0.39 is 5.97 Å². The lowest BCUT2D eigenvalue weighted by Gasteiger charge is -2.08. The highest BCUT2D eigenvalue weighted by molar-refractivity contribution is 9.10. The predicted octanol–water partition coefficient (Wildman–Crippen LogP) is 4.61. The molecule has 1 N–H and O–H groups in total.